The van der Waals surface area contributed by atoms with Gasteiger partial charge in [-0.25, -0.2) is 9.18 Å². The summed E-state index contributed by atoms with van der Waals surface area (Å²) in [6, 6.07) is 5.91. The molecule has 3 rings (SSSR count). The van der Waals surface area contributed by atoms with Crippen LogP contribution >= 0.6 is 0 Å². The highest BCUT2D eigenvalue weighted by Gasteiger charge is 2.38. The number of carbonyl (C=O) groups is 1. The number of halogens is 1. The molecule has 4 nitrogen and oxygen atoms in total. The number of anilines is 1. The Balaban J connectivity index is 1.74. The fourth-order valence-corrected chi connectivity index (χ4v) is 2.56. The van der Waals surface area contributed by atoms with E-state index in [0.717, 1.165) is 19.5 Å². The largest absolute Gasteiger partial charge is 0.444 e. The number of ether oxygens (including phenoxy) is 1. The summed E-state index contributed by atoms with van der Waals surface area (Å²) in [7, 11) is 0. The van der Waals surface area contributed by atoms with Crippen molar-refractivity contribution in [2.75, 3.05) is 24.5 Å². The smallest absolute Gasteiger partial charge is 0.414 e. The summed E-state index contributed by atoms with van der Waals surface area (Å²) < 4.78 is 18.2. The first-order valence-corrected chi connectivity index (χ1v) is 6.18. The van der Waals surface area contributed by atoms with E-state index in [1.807, 2.05) is 0 Å². The Morgan fingerprint density at radius 3 is 2.78 bits per heavy atom. The van der Waals surface area contributed by atoms with Crippen LogP contribution in [-0.4, -0.2) is 31.8 Å². The third-order valence-electron chi connectivity index (χ3n) is 3.60. The zero-order chi connectivity index (χ0) is 12.5. The Labute approximate surface area is 105 Å². The molecule has 0 aliphatic carbocycles. The maximum atomic E-state index is 12.9. The molecule has 1 amide bonds. The molecule has 2 saturated heterocycles. The van der Waals surface area contributed by atoms with Crippen LogP contribution < -0.4 is 10.2 Å². The van der Waals surface area contributed by atoms with Gasteiger partial charge >= 0.3 is 6.09 Å². The number of nitrogens with zero attached hydrogens (tertiary/aromatic N) is 1. The molecular formula is C13H15FN2O2. The number of nitrogens with one attached hydrogen (secondary N) is 1. The Kier molecular flexibility index (Phi) is 2.91. The topological polar surface area (TPSA) is 41.6 Å². The summed E-state index contributed by atoms with van der Waals surface area (Å²) in [5.74, 6) is 0.0854. The minimum Gasteiger partial charge on any atom is -0.444 e. The van der Waals surface area contributed by atoms with Crippen LogP contribution in [0.25, 0.3) is 0 Å². The summed E-state index contributed by atoms with van der Waals surface area (Å²) in [5, 5.41) is 3.27. The number of amides is 1. The molecule has 2 atom stereocenters. The van der Waals surface area contributed by atoms with E-state index in [4.69, 9.17) is 4.74 Å². The quantitative estimate of drug-likeness (QED) is 0.869. The van der Waals surface area contributed by atoms with Crippen LogP contribution in [0, 0.1) is 11.7 Å². The third-order valence-corrected chi connectivity index (χ3v) is 3.60. The van der Waals surface area contributed by atoms with Crippen LogP contribution in [0.2, 0.25) is 0 Å². The maximum Gasteiger partial charge on any atom is 0.414 e. The molecule has 2 fully saturated rings. The number of hydrogen-bond donors (Lipinski definition) is 1. The van der Waals surface area contributed by atoms with Crippen LogP contribution in [0.1, 0.15) is 6.42 Å². The zero-order valence-electron chi connectivity index (χ0n) is 9.93. The van der Waals surface area contributed by atoms with Crippen LogP contribution in [0.4, 0.5) is 14.9 Å². The fourth-order valence-electron chi connectivity index (χ4n) is 2.56. The van der Waals surface area contributed by atoms with E-state index in [9.17, 15) is 9.18 Å². The van der Waals surface area contributed by atoms with Gasteiger partial charge in [-0.1, -0.05) is 0 Å². The molecule has 0 spiro atoms. The number of hydrogen-bond acceptors (Lipinski definition) is 3. The van der Waals surface area contributed by atoms with Crippen molar-refractivity contribution in [3.8, 4) is 0 Å². The van der Waals surface area contributed by atoms with Gasteiger partial charge in [-0.3, -0.25) is 4.90 Å². The van der Waals surface area contributed by atoms with E-state index in [0.29, 0.717) is 18.2 Å². The molecular weight excluding hydrogens is 235 g/mol. The molecule has 2 unspecified atom stereocenters. The van der Waals surface area contributed by atoms with Gasteiger partial charge in [0.2, 0.25) is 0 Å². The molecule has 1 aromatic carbocycles. The minimum absolute atomic E-state index is 0.0578. The number of benzene rings is 1. The fraction of sp³-hybridized carbons (Fsp3) is 0.462. The lowest BCUT2D eigenvalue weighted by Crippen LogP contribution is -2.28. The van der Waals surface area contributed by atoms with Gasteiger partial charge in [-0.05, 0) is 37.2 Å². The number of rotatable bonds is 2. The van der Waals surface area contributed by atoms with E-state index in [1.165, 1.54) is 12.1 Å². The van der Waals surface area contributed by atoms with E-state index in [1.54, 1.807) is 17.0 Å². The summed E-state index contributed by atoms with van der Waals surface area (Å²) in [5.41, 5.74) is 0.690. The lowest BCUT2D eigenvalue weighted by Gasteiger charge is -2.15. The predicted octanol–water partition coefficient (Wildman–Crippen LogP) is 1.76. The highest BCUT2D eigenvalue weighted by Crippen LogP contribution is 2.27. The van der Waals surface area contributed by atoms with E-state index in [2.05, 4.69) is 5.32 Å². The lowest BCUT2D eigenvalue weighted by atomic mass is 10.0. The Hall–Kier alpha value is -1.62. The van der Waals surface area contributed by atoms with Crippen molar-refractivity contribution >= 4 is 11.8 Å². The van der Waals surface area contributed by atoms with E-state index < -0.39 is 0 Å². The molecule has 2 aliphatic rings. The van der Waals surface area contributed by atoms with Gasteiger partial charge in [0.1, 0.15) is 11.9 Å². The Bertz CT molecular complexity index is 443. The van der Waals surface area contributed by atoms with E-state index in [-0.39, 0.29) is 18.0 Å². The average Bonchev–Trinajstić information content (AvgIpc) is 2.99. The molecule has 96 valence electrons. The van der Waals surface area contributed by atoms with Crippen molar-refractivity contribution in [3.63, 3.8) is 0 Å². The summed E-state index contributed by atoms with van der Waals surface area (Å²) in [6.07, 6.45) is 0.644. The monoisotopic (exact) mass is 250 g/mol. The van der Waals surface area contributed by atoms with Crippen LogP contribution in [0.15, 0.2) is 24.3 Å². The number of cyclic esters (lactones) is 1. The molecule has 1 aromatic rings. The van der Waals surface area contributed by atoms with Crippen molar-refractivity contribution < 1.29 is 13.9 Å². The van der Waals surface area contributed by atoms with Crippen LogP contribution in [0.5, 0.6) is 0 Å². The van der Waals surface area contributed by atoms with Crippen molar-refractivity contribution in [3.05, 3.63) is 30.1 Å². The van der Waals surface area contributed by atoms with Gasteiger partial charge in [-0.2, -0.15) is 0 Å². The summed E-state index contributed by atoms with van der Waals surface area (Å²) in [6.45, 7) is 2.43. The van der Waals surface area contributed by atoms with Gasteiger partial charge in [0.05, 0.1) is 6.54 Å². The van der Waals surface area contributed by atoms with Gasteiger partial charge in [-0.15, -0.1) is 0 Å². The molecule has 2 aliphatic heterocycles. The third kappa shape index (κ3) is 2.06. The predicted molar refractivity (Wildman–Crippen MR) is 65.0 cm³/mol. The Morgan fingerprint density at radius 2 is 2.11 bits per heavy atom. The highest BCUT2D eigenvalue weighted by atomic mass is 19.1. The van der Waals surface area contributed by atoms with Crippen molar-refractivity contribution in [2.24, 2.45) is 5.92 Å². The van der Waals surface area contributed by atoms with Crippen molar-refractivity contribution in [2.45, 2.75) is 12.5 Å². The normalized spacial score (nSPS) is 27.6. The summed E-state index contributed by atoms with van der Waals surface area (Å²) >= 11 is 0. The maximum absolute atomic E-state index is 12.9. The first kappa shape index (κ1) is 11.5. The van der Waals surface area contributed by atoms with Crippen molar-refractivity contribution in [1.82, 2.24) is 5.32 Å². The minimum atomic E-state index is -0.335. The lowest BCUT2D eigenvalue weighted by molar-refractivity contribution is 0.111. The first-order valence-electron chi connectivity index (χ1n) is 6.18. The second-order valence-electron chi connectivity index (χ2n) is 4.76. The molecule has 0 saturated carbocycles. The Morgan fingerprint density at radius 1 is 1.33 bits per heavy atom. The van der Waals surface area contributed by atoms with Gasteiger partial charge in [0, 0.05) is 18.2 Å². The van der Waals surface area contributed by atoms with Crippen LogP contribution in [0.3, 0.4) is 0 Å². The number of carbonyl (C=O) groups excluding carboxylic acids is 1. The molecule has 5 heteroatoms. The highest BCUT2D eigenvalue weighted by molar-refractivity contribution is 5.89. The second-order valence-corrected chi connectivity index (χ2v) is 4.76. The van der Waals surface area contributed by atoms with Gasteiger partial charge in [0.15, 0.2) is 0 Å². The van der Waals surface area contributed by atoms with Crippen molar-refractivity contribution in [1.29, 1.82) is 0 Å². The molecule has 2 heterocycles. The molecule has 18 heavy (non-hydrogen) atoms. The summed E-state index contributed by atoms with van der Waals surface area (Å²) in [4.78, 5) is 13.4. The van der Waals surface area contributed by atoms with E-state index >= 15 is 0 Å². The molecule has 1 N–H and O–H groups in total. The van der Waals surface area contributed by atoms with Gasteiger partial charge in [0.25, 0.3) is 0 Å². The zero-order valence-corrected chi connectivity index (χ0v) is 9.93. The SMILES string of the molecule is O=C1OC(C2CCNC2)CN1c1ccc(F)cc1. The standard InChI is InChI=1S/C13H15FN2O2/c14-10-1-3-11(4-2-10)16-8-12(18-13(16)17)9-5-6-15-7-9/h1-4,9,12,15H,5-8H2. The average molecular weight is 250 g/mol. The van der Waals surface area contributed by atoms with Gasteiger partial charge < -0.3 is 10.1 Å². The molecule has 0 radical (unpaired) electrons. The first-order chi connectivity index (χ1) is 8.74. The molecule has 0 aromatic heterocycles. The van der Waals surface area contributed by atoms with Crippen LogP contribution in [-0.2, 0) is 4.74 Å². The molecule has 0 bridgehead atoms. The second kappa shape index (κ2) is 4.57.